The van der Waals surface area contributed by atoms with E-state index in [1.807, 2.05) is 0 Å². The average Bonchev–Trinajstić information content (AvgIpc) is 2.40. The first-order chi connectivity index (χ1) is 9.79. The number of rotatable bonds is 4. The normalized spacial score (nSPS) is 11.1. The number of hydrogen-bond acceptors (Lipinski definition) is 5. The van der Waals surface area contributed by atoms with Gasteiger partial charge in [-0.15, -0.1) is 0 Å². The molecule has 1 heterocycles. The number of sulfonamides is 1. The van der Waals surface area contributed by atoms with Crippen molar-refractivity contribution in [1.82, 2.24) is 4.98 Å². The Morgan fingerprint density at radius 2 is 2.00 bits per heavy atom. The van der Waals surface area contributed by atoms with Gasteiger partial charge in [0.1, 0.15) is 5.82 Å². The fourth-order valence-corrected chi connectivity index (χ4v) is 3.03. The van der Waals surface area contributed by atoms with Crippen molar-refractivity contribution in [2.75, 3.05) is 4.72 Å². The van der Waals surface area contributed by atoms with Crippen LogP contribution in [0, 0.1) is 17.0 Å². The van der Waals surface area contributed by atoms with Gasteiger partial charge >= 0.3 is 0 Å². The number of non-ortho nitro benzene ring substituents is 1. The Kier molecular flexibility index (Phi) is 4.10. The molecular formula is C12H10ClN3O4S. The summed E-state index contributed by atoms with van der Waals surface area (Å²) in [5.74, 6) is 0.108. The summed E-state index contributed by atoms with van der Waals surface area (Å²) in [6.07, 6.45) is 1.31. The summed E-state index contributed by atoms with van der Waals surface area (Å²) < 4.78 is 26.8. The molecule has 0 radical (unpaired) electrons. The maximum Gasteiger partial charge on any atom is 0.269 e. The van der Waals surface area contributed by atoms with Crippen molar-refractivity contribution in [3.8, 4) is 0 Å². The molecule has 0 bridgehead atoms. The molecule has 2 aromatic rings. The number of nitro benzene ring substituents is 1. The predicted molar refractivity (Wildman–Crippen MR) is 77.9 cm³/mol. The Morgan fingerprint density at radius 3 is 2.52 bits per heavy atom. The number of benzene rings is 1. The molecule has 110 valence electrons. The Balaban J connectivity index is 2.35. The number of hydrogen-bond donors (Lipinski definition) is 1. The van der Waals surface area contributed by atoms with Gasteiger partial charge in [0.05, 0.1) is 14.8 Å². The topological polar surface area (TPSA) is 102 Å². The van der Waals surface area contributed by atoms with E-state index in [9.17, 15) is 18.5 Å². The molecule has 0 atom stereocenters. The Labute approximate surface area is 125 Å². The third kappa shape index (κ3) is 3.47. The fraction of sp³-hybridized carbons (Fsp3) is 0.0833. The van der Waals surface area contributed by atoms with Gasteiger partial charge in [0.25, 0.3) is 15.7 Å². The number of aromatic nitrogens is 1. The van der Waals surface area contributed by atoms with Crippen LogP contribution in [0.3, 0.4) is 0 Å². The first-order valence-electron chi connectivity index (χ1n) is 5.69. The van der Waals surface area contributed by atoms with Gasteiger partial charge in [-0.05, 0) is 30.7 Å². The van der Waals surface area contributed by atoms with Gasteiger partial charge in [-0.25, -0.2) is 13.4 Å². The molecule has 0 saturated heterocycles. The lowest BCUT2D eigenvalue weighted by Gasteiger charge is -2.09. The molecule has 1 N–H and O–H groups in total. The second kappa shape index (κ2) is 5.66. The predicted octanol–water partition coefficient (Wildman–Crippen LogP) is 2.75. The summed E-state index contributed by atoms with van der Waals surface area (Å²) in [7, 11) is -3.88. The van der Waals surface area contributed by atoms with Gasteiger partial charge in [-0.1, -0.05) is 11.6 Å². The molecule has 1 aromatic carbocycles. The standard InChI is InChI=1S/C12H10ClN3O4S/c1-8-6-10(16(17)18)3-4-11(8)21(19,20)15-12-5-2-9(13)7-14-12/h2-7H,1H3,(H,14,15). The molecule has 0 saturated carbocycles. The molecule has 0 fully saturated rings. The van der Waals surface area contributed by atoms with Crippen molar-refractivity contribution < 1.29 is 13.3 Å². The third-order valence-corrected chi connectivity index (χ3v) is 4.36. The van der Waals surface area contributed by atoms with Gasteiger partial charge in [0.15, 0.2) is 0 Å². The minimum absolute atomic E-state index is 0.0511. The lowest BCUT2D eigenvalue weighted by Crippen LogP contribution is -2.15. The van der Waals surface area contributed by atoms with E-state index in [-0.39, 0.29) is 22.0 Å². The highest BCUT2D eigenvalue weighted by Crippen LogP contribution is 2.23. The van der Waals surface area contributed by atoms with E-state index in [1.54, 1.807) is 0 Å². The zero-order chi connectivity index (χ0) is 15.6. The monoisotopic (exact) mass is 327 g/mol. The van der Waals surface area contributed by atoms with Crippen LogP contribution in [0.15, 0.2) is 41.4 Å². The zero-order valence-electron chi connectivity index (χ0n) is 10.8. The van der Waals surface area contributed by atoms with Crippen LogP contribution in [0.5, 0.6) is 0 Å². The van der Waals surface area contributed by atoms with Crippen LogP contribution in [0.2, 0.25) is 5.02 Å². The van der Waals surface area contributed by atoms with E-state index in [4.69, 9.17) is 11.6 Å². The number of halogens is 1. The highest BCUT2D eigenvalue weighted by molar-refractivity contribution is 7.92. The molecule has 7 nitrogen and oxygen atoms in total. The van der Waals surface area contributed by atoms with Crippen molar-refractivity contribution >= 4 is 33.1 Å². The first kappa shape index (κ1) is 15.2. The Morgan fingerprint density at radius 1 is 1.29 bits per heavy atom. The Bertz CT molecular complexity index is 791. The highest BCUT2D eigenvalue weighted by Gasteiger charge is 2.19. The molecule has 0 aliphatic heterocycles. The second-order valence-corrected chi connectivity index (χ2v) is 6.26. The Hall–Kier alpha value is -2.19. The first-order valence-corrected chi connectivity index (χ1v) is 7.55. The summed E-state index contributed by atoms with van der Waals surface area (Å²) in [4.78, 5) is 13.9. The molecule has 0 unspecified atom stereocenters. The average molecular weight is 328 g/mol. The van der Waals surface area contributed by atoms with Crippen LogP contribution in [-0.2, 0) is 10.0 Å². The van der Waals surface area contributed by atoms with E-state index < -0.39 is 14.9 Å². The molecule has 21 heavy (non-hydrogen) atoms. The van der Waals surface area contributed by atoms with Crippen LogP contribution in [0.4, 0.5) is 11.5 Å². The highest BCUT2D eigenvalue weighted by atomic mass is 35.5. The van der Waals surface area contributed by atoms with E-state index in [0.717, 1.165) is 6.07 Å². The van der Waals surface area contributed by atoms with Crippen molar-refractivity contribution in [3.63, 3.8) is 0 Å². The number of nitrogens with one attached hydrogen (secondary N) is 1. The molecule has 0 aliphatic rings. The van der Waals surface area contributed by atoms with Gasteiger partial charge < -0.3 is 0 Å². The number of nitrogens with zero attached hydrogens (tertiary/aromatic N) is 2. The van der Waals surface area contributed by atoms with Crippen molar-refractivity contribution in [2.24, 2.45) is 0 Å². The van der Waals surface area contributed by atoms with Crippen LogP contribution in [-0.4, -0.2) is 18.3 Å². The fourth-order valence-electron chi connectivity index (χ4n) is 1.68. The molecule has 9 heteroatoms. The summed E-state index contributed by atoms with van der Waals surface area (Å²) >= 11 is 5.67. The maximum atomic E-state index is 12.2. The van der Waals surface area contributed by atoms with E-state index >= 15 is 0 Å². The van der Waals surface area contributed by atoms with Crippen LogP contribution >= 0.6 is 11.6 Å². The van der Waals surface area contributed by atoms with Crippen LogP contribution in [0.1, 0.15) is 5.56 Å². The largest absolute Gasteiger partial charge is 0.269 e. The van der Waals surface area contributed by atoms with Crippen LogP contribution in [0.25, 0.3) is 0 Å². The van der Waals surface area contributed by atoms with Gasteiger partial charge in [0, 0.05) is 18.3 Å². The molecule has 2 rings (SSSR count). The maximum absolute atomic E-state index is 12.2. The van der Waals surface area contributed by atoms with E-state index in [1.165, 1.54) is 37.4 Å². The summed E-state index contributed by atoms with van der Waals surface area (Å²) in [5.41, 5.74) is 0.0988. The zero-order valence-corrected chi connectivity index (χ0v) is 12.4. The molecular weight excluding hydrogens is 318 g/mol. The number of nitro groups is 1. The van der Waals surface area contributed by atoms with Crippen LogP contribution < -0.4 is 4.72 Å². The number of pyridine rings is 1. The third-order valence-electron chi connectivity index (χ3n) is 2.63. The van der Waals surface area contributed by atoms with Gasteiger partial charge in [-0.3, -0.25) is 14.8 Å². The minimum Gasteiger partial charge on any atom is -0.263 e. The lowest BCUT2D eigenvalue weighted by atomic mass is 10.2. The quantitative estimate of drug-likeness (QED) is 0.687. The second-order valence-electron chi connectivity index (χ2n) is 4.17. The SMILES string of the molecule is Cc1cc([N+](=O)[O-])ccc1S(=O)(=O)Nc1ccc(Cl)cn1. The molecule has 1 aromatic heterocycles. The summed E-state index contributed by atoms with van der Waals surface area (Å²) in [5, 5.41) is 11.0. The summed E-state index contributed by atoms with van der Waals surface area (Å²) in [6, 6.07) is 6.43. The van der Waals surface area contributed by atoms with Crippen molar-refractivity contribution in [3.05, 3.63) is 57.2 Å². The molecule has 0 aliphatic carbocycles. The molecule has 0 amide bonds. The number of anilines is 1. The lowest BCUT2D eigenvalue weighted by molar-refractivity contribution is -0.385. The van der Waals surface area contributed by atoms with Crippen molar-refractivity contribution in [2.45, 2.75) is 11.8 Å². The number of aryl methyl sites for hydroxylation is 1. The molecule has 0 spiro atoms. The minimum atomic E-state index is -3.88. The summed E-state index contributed by atoms with van der Waals surface area (Å²) in [6.45, 7) is 1.48. The van der Waals surface area contributed by atoms with E-state index in [0.29, 0.717) is 5.02 Å². The van der Waals surface area contributed by atoms with Crippen molar-refractivity contribution in [1.29, 1.82) is 0 Å². The van der Waals surface area contributed by atoms with Gasteiger partial charge in [0.2, 0.25) is 0 Å². The van der Waals surface area contributed by atoms with Gasteiger partial charge in [-0.2, -0.15) is 0 Å². The smallest absolute Gasteiger partial charge is 0.263 e. The van der Waals surface area contributed by atoms with E-state index in [2.05, 4.69) is 9.71 Å².